The van der Waals surface area contributed by atoms with Crippen LogP contribution in [0.25, 0.3) is 0 Å². The number of halogens is 6. The lowest BCUT2D eigenvalue weighted by Gasteiger charge is -2.22. The molecule has 0 bridgehead atoms. The number of amides is 1. The van der Waals surface area contributed by atoms with Crippen molar-refractivity contribution in [2.45, 2.75) is 42.7 Å². The molecule has 0 saturated carbocycles. The van der Waals surface area contributed by atoms with Gasteiger partial charge in [-0.05, 0) is 54.8 Å². The normalized spacial score (nSPS) is 17.6. The molecule has 1 aliphatic rings. The van der Waals surface area contributed by atoms with Crippen LogP contribution in [0, 0.1) is 0 Å². The summed E-state index contributed by atoms with van der Waals surface area (Å²) in [5.74, 6) is -0.904. The monoisotopic (exact) mass is 513 g/mol. The highest BCUT2D eigenvalue weighted by Crippen LogP contribution is 2.34. The number of aromatic nitrogens is 1. The van der Waals surface area contributed by atoms with Crippen molar-refractivity contribution in [3.8, 4) is 5.75 Å². The summed E-state index contributed by atoms with van der Waals surface area (Å²) in [6.07, 6.45) is -9.61. The van der Waals surface area contributed by atoms with Gasteiger partial charge >= 0.3 is 12.4 Å². The minimum absolute atomic E-state index is 0.0241. The van der Waals surface area contributed by atoms with Crippen LogP contribution in [0.1, 0.15) is 29.8 Å². The molecule has 2 aromatic rings. The molecule has 0 spiro atoms. The van der Waals surface area contributed by atoms with Crippen LogP contribution in [0.3, 0.4) is 0 Å². The molecule has 1 saturated heterocycles. The topological polar surface area (TPSA) is 109 Å². The fourth-order valence-corrected chi connectivity index (χ4v) is 4.99. The van der Waals surface area contributed by atoms with Gasteiger partial charge in [0.2, 0.25) is 10.0 Å². The van der Waals surface area contributed by atoms with E-state index in [0.29, 0.717) is 18.6 Å². The van der Waals surface area contributed by atoms with Gasteiger partial charge in [-0.3, -0.25) is 10.0 Å². The van der Waals surface area contributed by atoms with Crippen molar-refractivity contribution in [3.05, 3.63) is 53.3 Å². The molecule has 8 nitrogen and oxygen atoms in total. The van der Waals surface area contributed by atoms with Crippen LogP contribution in [0.5, 0.6) is 5.75 Å². The lowest BCUT2D eigenvalue weighted by atomic mass is 10.2. The summed E-state index contributed by atoms with van der Waals surface area (Å²) in [6.45, 7) is -0.630. The summed E-state index contributed by atoms with van der Waals surface area (Å²) in [4.78, 5) is 14.1. The maximum absolute atomic E-state index is 12.9. The first kappa shape index (κ1) is 25.7. The quantitative estimate of drug-likeness (QED) is 0.349. The van der Waals surface area contributed by atoms with Gasteiger partial charge in [0.15, 0.2) is 0 Å². The van der Waals surface area contributed by atoms with Gasteiger partial charge in [-0.15, -0.1) is 0 Å². The summed E-state index contributed by atoms with van der Waals surface area (Å²) in [7, 11) is -4.12. The molecule has 2 N–H and O–H groups in total. The number of sulfonamides is 1. The molecule has 2 heterocycles. The molecule has 1 aliphatic heterocycles. The molecular formula is C19H17F6N3O5S. The van der Waals surface area contributed by atoms with Crippen LogP contribution in [-0.2, 0) is 33.8 Å². The molecule has 15 heteroatoms. The molecule has 1 atom stereocenters. The van der Waals surface area contributed by atoms with Crippen LogP contribution in [0.15, 0.2) is 41.3 Å². The number of nitrogens with zero attached hydrogens (tertiary/aromatic N) is 2. The van der Waals surface area contributed by atoms with Gasteiger partial charge in [-0.25, -0.2) is 18.9 Å². The van der Waals surface area contributed by atoms with Crippen LogP contribution in [0.2, 0.25) is 0 Å². The average molecular weight is 513 g/mol. The van der Waals surface area contributed by atoms with E-state index < -0.39 is 57.9 Å². The van der Waals surface area contributed by atoms with Crippen molar-refractivity contribution in [2.24, 2.45) is 0 Å². The van der Waals surface area contributed by atoms with Crippen LogP contribution >= 0.6 is 0 Å². The highest BCUT2D eigenvalue weighted by atomic mass is 32.2. The number of carbonyl (C=O) groups is 1. The Morgan fingerprint density at radius 2 is 1.65 bits per heavy atom. The van der Waals surface area contributed by atoms with E-state index in [9.17, 15) is 39.6 Å². The zero-order chi connectivity index (χ0) is 25.3. The number of hydroxylamine groups is 1. The number of carbonyl (C=O) groups excluding carboxylic acids is 1. The fraction of sp³-hybridized carbons (Fsp3) is 0.368. The Hall–Kier alpha value is -2.91. The fourth-order valence-electron chi connectivity index (χ4n) is 3.34. The van der Waals surface area contributed by atoms with Crippen molar-refractivity contribution in [1.82, 2.24) is 14.8 Å². The number of benzene rings is 1. The molecule has 0 aliphatic carbocycles. The zero-order valence-corrected chi connectivity index (χ0v) is 17.8. The first-order valence-electron chi connectivity index (χ1n) is 9.57. The van der Waals surface area contributed by atoms with Gasteiger partial charge in [0.25, 0.3) is 5.91 Å². The summed E-state index contributed by atoms with van der Waals surface area (Å²) in [5, 5.41) is 8.80. The molecule has 1 aromatic heterocycles. The third-order valence-corrected chi connectivity index (χ3v) is 6.84. The van der Waals surface area contributed by atoms with E-state index in [-0.39, 0.29) is 23.6 Å². The Balaban J connectivity index is 1.77. The molecule has 3 rings (SSSR count). The Bertz CT molecular complexity index is 1120. The summed E-state index contributed by atoms with van der Waals surface area (Å²) in [5.41, 5.74) is -2.48. The van der Waals surface area contributed by atoms with Crippen LogP contribution in [0.4, 0.5) is 26.3 Å². The van der Waals surface area contributed by atoms with Crippen molar-refractivity contribution < 1.29 is 49.5 Å². The van der Waals surface area contributed by atoms with Crippen molar-refractivity contribution in [1.29, 1.82) is 0 Å². The van der Waals surface area contributed by atoms with E-state index >= 15 is 0 Å². The lowest BCUT2D eigenvalue weighted by molar-refractivity contribution is -0.150. The van der Waals surface area contributed by atoms with E-state index in [4.69, 9.17) is 9.94 Å². The summed E-state index contributed by atoms with van der Waals surface area (Å²) in [6, 6.07) is 4.32. The number of pyridine rings is 1. The van der Waals surface area contributed by atoms with Gasteiger partial charge in [0, 0.05) is 6.54 Å². The first-order chi connectivity index (χ1) is 15.7. The third kappa shape index (κ3) is 5.59. The maximum Gasteiger partial charge on any atom is 0.433 e. The largest absolute Gasteiger partial charge is 0.489 e. The number of alkyl halides is 6. The Morgan fingerprint density at radius 3 is 2.15 bits per heavy atom. The van der Waals surface area contributed by atoms with E-state index in [2.05, 4.69) is 4.98 Å². The van der Waals surface area contributed by atoms with Crippen molar-refractivity contribution >= 4 is 15.9 Å². The van der Waals surface area contributed by atoms with Crippen molar-refractivity contribution in [2.75, 3.05) is 6.54 Å². The predicted molar refractivity (Wildman–Crippen MR) is 102 cm³/mol. The molecule has 34 heavy (non-hydrogen) atoms. The summed E-state index contributed by atoms with van der Waals surface area (Å²) >= 11 is 0. The van der Waals surface area contributed by atoms with Crippen LogP contribution in [-0.4, -0.2) is 41.4 Å². The number of rotatable bonds is 6. The standard InChI is InChI=1S/C19H17F6N3O5S/c20-18(21,22)15-8-11(9-16(26-15)19(23,24)25)10-33-12-3-5-13(6-4-12)34(31,32)28-7-1-2-14(28)17(29)27-30/h3-6,8-9,14,30H,1-2,7,10H2,(H,27,29)/t14-/m1/s1. The van der Waals surface area contributed by atoms with E-state index in [1.807, 2.05) is 0 Å². The second kappa shape index (κ2) is 9.38. The molecule has 186 valence electrons. The molecule has 1 amide bonds. The van der Waals surface area contributed by atoms with E-state index in [1.165, 1.54) is 17.6 Å². The first-order valence-corrected chi connectivity index (χ1v) is 11.0. The second-order valence-electron chi connectivity index (χ2n) is 7.25. The Labute approximate surface area is 189 Å². The van der Waals surface area contributed by atoms with Crippen LogP contribution < -0.4 is 10.2 Å². The molecule has 0 unspecified atom stereocenters. The number of ether oxygens (including phenoxy) is 1. The highest BCUT2D eigenvalue weighted by molar-refractivity contribution is 7.89. The molecule has 1 fully saturated rings. The van der Waals surface area contributed by atoms with Crippen molar-refractivity contribution in [3.63, 3.8) is 0 Å². The van der Waals surface area contributed by atoms with Gasteiger partial charge in [0.05, 0.1) is 4.90 Å². The number of hydrogen-bond acceptors (Lipinski definition) is 6. The predicted octanol–water partition coefficient (Wildman–Crippen LogP) is 3.36. The molecule has 0 radical (unpaired) electrons. The number of hydrogen-bond donors (Lipinski definition) is 2. The smallest absolute Gasteiger partial charge is 0.433 e. The lowest BCUT2D eigenvalue weighted by Crippen LogP contribution is -2.44. The van der Waals surface area contributed by atoms with E-state index in [0.717, 1.165) is 16.4 Å². The minimum atomic E-state index is -5.10. The minimum Gasteiger partial charge on any atom is -0.489 e. The SMILES string of the molecule is O=C(NO)[C@H]1CCCN1S(=O)(=O)c1ccc(OCc2cc(C(F)(F)F)nc(C(F)(F)F)c2)cc1. The van der Waals surface area contributed by atoms with Gasteiger partial charge < -0.3 is 4.74 Å². The van der Waals surface area contributed by atoms with Gasteiger partial charge in [0.1, 0.15) is 29.8 Å². The Kier molecular flexibility index (Phi) is 7.10. The third-order valence-electron chi connectivity index (χ3n) is 4.92. The highest BCUT2D eigenvalue weighted by Gasteiger charge is 2.40. The van der Waals surface area contributed by atoms with E-state index in [1.54, 1.807) is 0 Å². The van der Waals surface area contributed by atoms with Gasteiger partial charge in [-0.1, -0.05) is 0 Å². The molecular weight excluding hydrogens is 496 g/mol. The second-order valence-corrected chi connectivity index (χ2v) is 9.14. The molecule has 1 aromatic carbocycles. The average Bonchev–Trinajstić information content (AvgIpc) is 3.27. The van der Waals surface area contributed by atoms with Gasteiger partial charge in [-0.2, -0.15) is 30.6 Å². The maximum atomic E-state index is 12.9. The summed E-state index contributed by atoms with van der Waals surface area (Å²) < 4.78 is 109. The number of nitrogens with one attached hydrogen (secondary N) is 1. The zero-order valence-electron chi connectivity index (χ0n) is 17.0. The Morgan fingerprint density at radius 1 is 1.09 bits per heavy atom.